The number of hydrogen-bond acceptors (Lipinski definition) is 3. The molecule has 0 aromatic heterocycles. The lowest BCUT2D eigenvalue weighted by Gasteiger charge is -2.13. The van der Waals surface area contributed by atoms with Gasteiger partial charge in [-0.15, -0.1) is 0 Å². The van der Waals surface area contributed by atoms with Crippen LogP contribution in [0.5, 0.6) is 0 Å². The van der Waals surface area contributed by atoms with Gasteiger partial charge in [0.2, 0.25) is 5.91 Å². The van der Waals surface area contributed by atoms with Crippen LogP contribution in [0, 0.1) is 9.49 Å². The SMILES string of the molecule is CN1CCC(C(=O)Nc2ccc(I)cc2C(=O)O)C1. The molecule has 2 rings (SSSR count). The summed E-state index contributed by atoms with van der Waals surface area (Å²) in [4.78, 5) is 25.3. The molecule has 1 aliphatic rings. The number of amides is 1. The van der Waals surface area contributed by atoms with Gasteiger partial charge in [0.25, 0.3) is 0 Å². The molecule has 1 fully saturated rings. The van der Waals surface area contributed by atoms with Crippen LogP contribution in [0.2, 0.25) is 0 Å². The Bertz CT molecular complexity index is 519. The van der Waals surface area contributed by atoms with Crippen molar-refractivity contribution in [2.24, 2.45) is 5.92 Å². The van der Waals surface area contributed by atoms with Crippen molar-refractivity contribution in [2.75, 3.05) is 25.5 Å². The fraction of sp³-hybridized carbons (Fsp3) is 0.385. The third kappa shape index (κ3) is 3.44. The van der Waals surface area contributed by atoms with Crippen LogP contribution in [-0.2, 0) is 4.79 Å². The maximum absolute atomic E-state index is 12.1. The maximum atomic E-state index is 12.1. The molecule has 1 amide bonds. The first-order valence-electron chi connectivity index (χ1n) is 5.99. The van der Waals surface area contributed by atoms with E-state index in [-0.39, 0.29) is 17.4 Å². The van der Waals surface area contributed by atoms with E-state index in [0.29, 0.717) is 5.69 Å². The first-order chi connectivity index (χ1) is 8.97. The molecule has 102 valence electrons. The van der Waals surface area contributed by atoms with Crippen molar-refractivity contribution < 1.29 is 14.7 Å². The monoisotopic (exact) mass is 374 g/mol. The third-order valence-corrected chi connectivity index (χ3v) is 3.90. The van der Waals surface area contributed by atoms with Crippen molar-refractivity contribution >= 4 is 40.2 Å². The van der Waals surface area contributed by atoms with E-state index in [4.69, 9.17) is 5.11 Å². The predicted molar refractivity (Wildman–Crippen MR) is 80.4 cm³/mol. The average Bonchev–Trinajstić information content (AvgIpc) is 2.78. The van der Waals surface area contributed by atoms with Crippen LogP contribution in [0.3, 0.4) is 0 Å². The van der Waals surface area contributed by atoms with Crippen LogP contribution in [0.1, 0.15) is 16.8 Å². The number of nitrogens with zero attached hydrogens (tertiary/aromatic N) is 1. The second-order valence-electron chi connectivity index (χ2n) is 4.73. The summed E-state index contributed by atoms with van der Waals surface area (Å²) < 4.78 is 0.827. The molecular weight excluding hydrogens is 359 g/mol. The normalized spacial score (nSPS) is 19.4. The highest BCUT2D eigenvalue weighted by Crippen LogP contribution is 2.22. The number of anilines is 1. The number of carbonyl (C=O) groups excluding carboxylic acids is 1. The van der Waals surface area contributed by atoms with Gasteiger partial charge in [-0.3, -0.25) is 4.79 Å². The van der Waals surface area contributed by atoms with Crippen molar-refractivity contribution in [3.05, 3.63) is 27.3 Å². The molecule has 2 N–H and O–H groups in total. The Morgan fingerprint density at radius 3 is 2.79 bits per heavy atom. The molecule has 1 atom stereocenters. The third-order valence-electron chi connectivity index (χ3n) is 3.23. The molecule has 0 spiro atoms. The van der Waals surface area contributed by atoms with Crippen molar-refractivity contribution in [2.45, 2.75) is 6.42 Å². The second kappa shape index (κ2) is 5.87. The highest BCUT2D eigenvalue weighted by atomic mass is 127. The quantitative estimate of drug-likeness (QED) is 0.793. The zero-order valence-electron chi connectivity index (χ0n) is 10.5. The standard InChI is InChI=1S/C13H15IN2O3/c1-16-5-4-8(7-16)12(17)15-11-3-2-9(14)6-10(11)13(18)19/h2-3,6,8H,4-5,7H2,1H3,(H,15,17)(H,18,19). The lowest BCUT2D eigenvalue weighted by atomic mass is 10.1. The molecule has 0 aliphatic carbocycles. The van der Waals surface area contributed by atoms with Gasteiger partial charge in [-0.25, -0.2) is 4.79 Å². The molecule has 19 heavy (non-hydrogen) atoms. The number of carboxylic acids is 1. The summed E-state index contributed by atoms with van der Waals surface area (Å²) in [7, 11) is 1.97. The topological polar surface area (TPSA) is 69.6 Å². The summed E-state index contributed by atoms with van der Waals surface area (Å²) in [5.74, 6) is -1.20. The zero-order valence-corrected chi connectivity index (χ0v) is 12.7. The van der Waals surface area contributed by atoms with Gasteiger partial charge in [-0.2, -0.15) is 0 Å². The summed E-state index contributed by atoms with van der Waals surface area (Å²) in [6.07, 6.45) is 0.815. The van der Waals surface area contributed by atoms with Gasteiger partial charge in [0.1, 0.15) is 0 Å². The fourth-order valence-corrected chi connectivity index (χ4v) is 2.68. The smallest absolute Gasteiger partial charge is 0.337 e. The first kappa shape index (κ1) is 14.3. The van der Waals surface area contributed by atoms with Crippen molar-refractivity contribution in [1.82, 2.24) is 4.90 Å². The molecule has 0 saturated carbocycles. The maximum Gasteiger partial charge on any atom is 0.337 e. The van der Waals surface area contributed by atoms with E-state index in [1.165, 1.54) is 0 Å². The number of aromatic carboxylic acids is 1. The number of nitrogens with one attached hydrogen (secondary N) is 1. The lowest BCUT2D eigenvalue weighted by Crippen LogP contribution is -2.26. The Kier molecular flexibility index (Phi) is 4.41. The number of rotatable bonds is 3. The number of carbonyl (C=O) groups is 2. The predicted octanol–water partition coefficient (Wildman–Crippen LogP) is 1.88. The Hall–Kier alpha value is -1.15. The fourth-order valence-electron chi connectivity index (χ4n) is 2.19. The molecule has 6 heteroatoms. The van der Waals surface area contributed by atoms with E-state index < -0.39 is 5.97 Å². The zero-order chi connectivity index (χ0) is 14.0. The van der Waals surface area contributed by atoms with Crippen LogP contribution in [0.4, 0.5) is 5.69 Å². The van der Waals surface area contributed by atoms with Crippen molar-refractivity contribution in [3.63, 3.8) is 0 Å². The molecule has 0 radical (unpaired) electrons. The van der Waals surface area contributed by atoms with E-state index in [1.807, 2.05) is 29.6 Å². The van der Waals surface area contributed by atoms with E-state index in [9.17, 15) is 9.59 Å². The van der Waals surface area contributed by atoms with Crippen LogP contribution in [-0.4, -0.2) is 42.0 Å². The Morgan fingerprint density at radius 1 is 1.47 bits per heavy atom. The minimum Gasteiger partial charge on any atom is -0.478 e. The first-order valence-corrected chi connectivity index (χ1v) is 7.07. The number of likely N-dealkylation sites (tertiary alicyclic amines) is 1. The molecule has 1 aliphatic heterocycles. The summed E-state index contributed by atoms with van der Waals surface area (Å²) in [6.45, 7) is 1.62. The van der Waals surface area contributed by atoms with Crippen molar-refractivity contribution in [3.8, 4) is 0 Å². The van der Waals surface area contributed by atoms with Gasteiger partial charge >= 0.3 is 5.97 Å². The number of hydrogen-bond donors (Lipinski definition) is 2. The van der Waals surface area contributed by atoms with Gasteiger partial charge in [-0.1, -0.05) is 0 Å². The molecule has 1 aromatic carbocycles. The second-order valence-corrected chi connectivity index (χ2v) is 5.98. The molecule has 0 bridgehead atoms. The van der Waals surface area contributed by atoms with E-state index in [2.05, 4.69) is 10.2 Å². The van der Waals surface area contributed by atoms with Gasteiger partial charge in [0.05, 0.1) is 17.2 Å². The highest BCUT2D eigenvalue weighted by molar-refractivity contribution is 14.1. The van der Waals surface area contributed by atoms with Gasteiger partial charge < -0.3 is 15.3 Å². The Labute approximate surface area is 125 Å². The van der Waals surface area contributed by atoms with E-state index in [0.717, 1.165) is 23.1 Å². The van der Waals surface area contributed by atoms with Crippen LogP contribution in [0.15, 0.2) is 18.2 Å². The molecule has 5 nitrogen and oxygen atoms in total. The summed E-state index contributed by atoms with van der Waals surface area (Å²) in [5.41, 5.74) is 0.499. The minimum atomic E-state index is -1.03. The molecule has 1 heterocycles. The average molecular weight is 374 g/mol. The molecule has 1 aromatic rings. The summed E-state index contributed by atoms with van der Waals surface area (Å²) >= 11 is 2.05. The largest absolute Gasteiger partial charge is 0.478 e. The van der Waals surface area contributed by atoms with Gasteiger partial charge in [0, 0.05) is 10.1 Å². The van der Waals surface area contributed by atoms with Crippen LogP contribution in [0.25, 0.3) is 0 Å². The van der Waals surface area contributed by atoms with Crippen LogP contribution < -0.4 is 5.32 Å². The van der Waals surface area contributed by atoms with Gasteiger partial charge in [-0.05, 0) is 60.8 Å². The molecule has 1 saturated heterocycles. The van der Waals surface area contributed by atoms with E-state index in [1.54, 1.807) is 18.2 Å². The lowest BCUT2D eigenvalue weighted by molar-refractivity contribution is -0.119. The van der Waals surface area contributed by atoms with Crippen LogP contribution >= 0.6 is 22.6 Å². The number of benzene rings is 1. The Balaban J connectivity index is 2.14. The van der Waals surface area contributed by atoms with Gasteiger partial charge in [0.15, 0.2) is 0 Å². The molecular formula is C13H15IN2O3. The number of carboxylic acid groups (broad SMARTS) is 1. The summed E-state index contributed by atoms with van der Waals surface area (Å²) in [6, 6.07) is 4.98. The number of halogens is 1. The minimum absolute atomic E-state index is 0.0640. The van der Waals surface area contributed by atoms with E-state index >= 15 is 0 Å². The Morgan fingerprint density at radius 2 is 2.21 bits per heavy atom. The molecule has 1 unspecified atom stereocenters. The highest BCUT2D eigenvalue weighted by Gasteiger charge is 2.26. The van der Waals surface area contributed by atoms with Crippen molar-refractivity contribution in [1.29, 1.82) is 0 Å². The summed E-state index contributed by atoms with van der Waals surface area (Å²) in [5, 5.41) is 11.9.